The van der Waals surface area contributed by atoms with Gasteiger partial charge in [0.1, 0.15) is 16.9 Å². The number of aromatic nitrogens is 1. The van der Waals surface area contributed by atoms with Crippen molar-refractivity contribution >= 4 is 46.3 Å². The summed E-state index contributed by atoms with van der Waals surface area (Å²) in [7, 11) is 0. The molecule has 0 radical (unpaired) electrons. The number of aromatic carboxylic acids is 3. The van der Waals surface area contributed by atoms with Crippen molar-refractivity contribution in [3.63, 3.8) is 0 Å². The molecule has 1 aromatic carbocycles. The Labute approximate surface area is 146 Å². The summed E-state index contributed by atoms with van der Waals surface area (Å²) in [6.45, 7) is 0. The van der Waals surface area contributed by atoms with Crippen molar-refractivity contribution in [1.29, 1.82) is 0 Å². The zero-order valence-corrected chi connectivity index (χ0v) is 13.8. The Morgan fingerprint density at radius 3 is 2.08 bits per heavy atom. The highest BCUT2D eigenvalue weighted by Crippen LogP contribution is 2.32. The van der Waals surface area contributed by atoms with E-state index in [0.717, 1.165) is 0 Å². The average Bonchev–Trinajstić information content (AvgIpc) is 2.45. The van der Waals surface area contributed by atoms with Crippen LogP contribution in [0.1, 0.15) is 31.1 Å². The van der Waals surface area contributed by atoms with Gasteiger partial charge in [-0.05, 0) is 40.3 Å². The minimum absolute atomic E-state index is 0.226. The lowest BCUT2D eigenvalue weighted by Crippen LogP contribution is -2.24. The molecule has 124 valence electrons. The molecule has 1 aromatic heterocycles. The number of hydrogen-bond donors (Lipinski definition) is 5. The lowest BCUT2D eigenvalue weighted by molar-refractivity contribution is 0.0679. The molecule has 2 rings (SSSR count). The fourth-order valence-corrected chi connectivity index (χ4v) is 2.72. The molecule has 9 nitrogen and oxygen atoms in total. The highest BCUT2D eigenvalue weighted by atomic mass is 127. The molecule has 0 bridgehead atoms. The molecule has 2 aromatic rings. The summed E-state index contributed by atoms with van der Waals surface area (Å²) in [5, 5.41) is 28.0. The molecule has 0 saturated heterocycles. The van der Waals surface area contributed by atoms with Crippen LogP contribution < -0.4 is 11.3 Å². The average molecular weight is 444 g/mol. The third-order valence-corrected chi connectivity index (χ3v) is 3.82. The third-order valence-electron chi connectivity index (χ3n) is 3.15. The molecule has 0 unspecified atom stereocenters. The van der Waals surface area contributed by atoms with Gasteiger partial charge in [0.25, 0.3) is 5.56 Å². The van der Waals surface area contributed by atoms with Crippen molar-refractivity contribution in [2.45, 2.75) is 0 Å². The van der Waals surface area contributed by atoms with Crippen molar-refractivity contribution in [3.05, 3.63) is 48.8 Å². The van der Waals surface area contributed by atoms with Gasteiger partial charge >= 0.3 is 17.9 Å². The fraction of sp³-hybridized carbons (Fsp3) is 0. The van der Waals surface area contributed by atoms with Gasteiger partial charge in [-0.3, -0.25) is 4.79 Å². The summed E-state index contributed by atoms with van der Waals surface area (Å²) in [4.78, 5) is 48.3. The minimum atomic E-state index is -1.70. The first-order valence-electron chi connectivity index (χ1n) is 6.20. The molecule has 24 heavy (non-hydrogen) atoms. The van der Waals surface area contributed by atoms with Gasteiger partial charge < -0.3 is 26.0 Å². The molecule has 0 saturated carbocycles. The van der Waals surface area contributed by atoms with Gasteiger partial charge in [-0.1, -0.05) is 6.07 Å². The number of aromatic amines is 1. The van der Waals surface area contributed by atoms with Crippen LogP contribution in [0, 0.1) is 3.57 Å². The van der Waals surface area contributed by atoms with E-state index in [2.05, 4.69) is 0 Å². The fourth-order valence-electron chi connectivity index (χ4n) is 2.23. The first-order chi connectivity index (χ1) is 11.1. The van der Waals surface area contributed by atoms with Gasteiger partial charge in [0.05, 0.1) is 5.56 Å². The second-order valence-electron chi connectivity index (χ2n) is 4.60. The molecule has 0 aliphatic rings. The van der Waals surface area contributed by atoms with Crippen molar-refractivity contribution < 1.29 is 29.7 Å². The first kappa shape index (κ1) is 17.5. The molecular weight excluding hydrogens is 435 g/mol. The second kappa shape index (κ2) is 6.31. The van der Waals surface area contributed by atoms with E-state index in [1.54, 1.807) is 0 Å². The summed E-state index contributed by atoms with van der Waals surface area (Å²) in [5.74, 6) is -5.28. The van der Waals surface area contributed by atoms with Gasteiger partial charge in [-0.25, -0.2) is 14.4 Å². The molecule has 1 heterocycles. The molecule has 0 aliphatic heterocycles. The Morgan fingerprint density at radius 2 is 1.58 bits per heavy atom. The maximum atomic E-state index is 11.9. The maximum absolute atomic E-state index is 11.9. The highest BCUT2D eigenvalue weighted by molar-refractivity contribution is 14.1. The Kier molecular flexibility index (Phi) is 4.59. The maximum Gasteiger partial charge on any atom is 0.342 e. The number of carbonyl (C=O) groups is 3. The summed E-state index contributed by atoms with van der Waals surface area (Å²) in [5.41, 5.74) is 1.67. The Morgan fingerprint density at radius 1 is 1.00 bits per heavy atom. The largest absolute Gasteiger partial charge is 0.478 e. The number of carboxylic acid groups (broad SMARTS) is 3. The minimum Gasteiger partial charge on any atom is -0.478 e. The van der Waals surface area contributed by atoms with Crippen LogP contribution in [0.15, 0.2) is 23.0 Å². The van der Waals surface area contributed by atoms with Crippen molar-refractivity contribution in [2.75, 3.05) is 5.73 Å². The number of hydrogen-bond acceptors (Lipinski definition) is 5. The van der Waals surface area contributed by atoms with Crippen LogP contribution in [0.3, 0.4) is 0 Å². The Bertz CT molecular complexity index is 949. The number of rotatable bonds is 4. The lowest BCUT2D eigenvalue weighted by atomic mass is 9.92. The van der Waals surface area contributed by atoms with Crippen LogP contribution >= 0.6 is 22.6 Å². The SMILES string of the molecule is Nc1[nH]c(=O)c(C(=O)O)c(-c2ccc(I)cc2C(=O)O)c1C(=O)O. The van der Waals surface area contributed by atoms with E-state index in [1.165, 1.54) is 18.2 Å². The van der Waals surface area contributed by atoms with E-state index in [4.69, 9.17) is 5.73 Å². The summed E-state index contributed by atoms with van der Waals surface area (Å²) in [6, 6.07) is 3.92. The first-order valence-corrected chi connectivity index (χ1v) is 7.28. The number of nitrogen functional groups attached to an aromatic ring is 1. The van der Waals surface area contributed by atoms with Crippen molar-refractivity contribution in [3.8, 4) is 11.1 Å². The second-order valence-corrected chi connectivity index (χ2v) is 5.84. The van der Waals surface area contributed by atoms with Gasteiger partial charge in [-0.15, -0.1) is 0 Å². The number of H-pyrrole nitrogens is 1. The van der Waals surface area contributed by atoms with Crippen LogP contribution in [-0.4, -0.2) is 38.2 Å². The van der Waals surface area contributed by atoms with E-state index in [0.29, 0.717) is 3.57 Å². The molecule has 0 amide bonds. The number of anilines is 1. The zero-order chi connectivity index (χ0) is 18.2. The third kappa shape index (κ3) is 2.95. The highest BCUT2D eigenvalue weighted by Gasteiger charge is 2.29. The van der Waals surface area contributed by atoms with E-state index in [9.17, 15) is 34.5 Å². The topological polar surface area (TPSA) is 171 Å². The summed E-state index contributed by atoms with van der Waals surface area (Å²) >= 11 is 1.84. The quantitative estimate of drug-likeness (QED) is 0.440. The predicted molar refractivity (Wildman–Crippen MR) is 90.5 cm³/mol. The monoisotopic (exact) mass is 444 g/mol. The van der Waals surface area contributed by atoms with Crippen LogP contribution in [0.2, 0.25) is 0 Å². The molecule has 0 fully saturated rings. The predicted octanol–water partition coefficient (Wildman–Crippen LogP) is 1.32. The molecule has 6 N–H and O–H groups in total. The van der Waals surface area contributed by atoms with Crippen LogP contribution in [0.25, 0.3) is 11.1 Å². The van der Waals surface area contributed by atoms with Crippen LogP contribution in [0.4, 0.5) is 5.82 Å². The summed E-state index contributed by atoms with van der Waals surface area (Å²) < 4.78 is 0.528. The number of halogens is 1. The van der Waals surface area contributed by atoms with Crippen LogP contribution in [0.5, 0.6) is 0 Å². The van der Waals surface area contributed by atoms with E-state index in [-0.39, 0.29) is 11.1 Å². The number of nitrogens with two attached hydrogens (primary N) is 1. The Hall–Kier alpha value is -2.89. The lowest BCUT2D eigenvalue weighted by Gasteiger charge is -2.14. The smallest absolute Gasteiger partial charge is 0.342 e. The molecule has 10 heteroatoms. The number of benzene rings is 1. The van der Waals surface area contributed by atoms with E-state index < -0.39 is 46.0 Å². The number of nitrogens with one attached hydrogen (secondary N) is 1. The van der Waals surface area contributed by atoms with Crippen molar-refractivity contribution in [1.82, 2.24) is 4.98 Å². The summed E-state index contributed by atoms with van der Waals surface area (Å²) in [6.07, 6.45) is 0. The van der Waals surface area contributed by atoms with Gasteiger partial charge in [0, 0.05) is 9.13 Å². The molecule has 0 spiro atoms. The van der Waals surface area contributed by atoms with Crippen LogP contribution in [-0.2, 0) is 0 Å². The van der Waals surface area contributed by atoms with Gasteiger partial charge in [0.2, 0.25) is 0 Å². The number of carboxylic acids is 3. The number of pyridine rings is 1. The Balaban J connectivity index is 3.09. The standard InChI is InChI=1S/C14H9IN2O7/c15-4-1-2-5(6(3-4)12(19)20)7-8(13(21)22)10(16)17-11(18)9(7)14(23)24/h1-3H,(H,19,20)(H,21,22)(H,23,24)(H3,16,17,18). The molecule has 0 aliphatic carbocycles. The zero-order valence-electron chi connectivity index (χ0n) is 11.7. The van der Waals surface area contributed by atoms with Gasteiger partial charge in [-0.2, -0.15) is 0 Å². The van der Waals surface area contributed by atoms with Crippen molar-refractivity contribution in [2.24, 2.45) is 0 Å². The molecule has 0 atom stereocenters. The van der Waals surface area contributed by atoms with Gasteiger partial charge in [0.15, 0.2) is 0 Å². The molecular formula is C14H9IN2O7. The normalized spacial score (nSPS) is 10.4. The van der Waals surface area contributed by atoms with E-state index in [1.807, 2.05) is 27.6 Å². The van der Waals surface area contributed by atoms with E-state index >= 15 is 0 Å².